The van der Waals surface area contributed by atoms with E-state index in [4.69, 9.17) is 4.74 Å². The second kappa shape index (κ2) is 10.8. The number of benzene rings is 1. The zero-order chi connectivity index (χ0) is 22.2. The van der Waals surface area contributed by atoms with Crippen molar-refractivity contribution in [1.82, 2.24) is 30.3 Å². The molecule has 1 atom stereocenters. The quantitative estimate of drug-likeness (QED) is 0.420. The van der Waals surface area contributed by atoms with Crippen molar-refractivity contribution in [3.05, 3.63) is 72.2 Å². The molecule has 1 aromatic carbocycles. The molecule has 1 fully saturated rings. The predicted octanol–water partition coefficient (Wildman–Crippen LogP) is 2.78. The van der Waals surface area contributed by atoms with E-state index in [0.29, 0.717) is 6.54 Å². The summed E-state index contributed by atoms with van der Waals surface area (Å²) in [4.78, 5) is 11.3. The fourth-order valence-electron chi connectivity index (χ4n) is 4.13. The lowest BCUT2D eigenvalue weighted by Gasteiger charge is -2.30. The van der Waals surface area contributed by atoms with Gasteiger partial charge >= 0.3 is 0 Å². The average molecular weight is 434 g/mol. The maximum absolute atomic E-state index is 5.65. The van der Waals surface area contributed by atoms with E-state index < -0.39 is 0 Å². The van der Waals surface area contributed by atoms with Gasteiger partial charge in [-0.25, -0.2) is 9.67 Å². The van der Waals surface area contributed by atoms with Gasteiger partial charge < -0.3 is 15.4 Å². The summed E-state index contributed by atoms with van der Waals surface area (Å²) in [6.45, 7) is 3.59. The largest absolute Gasteiger partial charge is 0.496 e. The minimum absolute atomic E-state index is 0.222. The van der Waals surface area contributed by atoms with Crippen LogP contribution >= 0.6 is 0 Å². The Kier molecular flexibility index (Phi) is 7.34. The molecular formula is C24H31N7O. The molecule has 1 aliphatic heterocycles. The summed E-state index contributed by atoms with van der Waals surface area (Å²) in [5.41, 5.74) is 2.31. The molecule has 8 nitrogen and oxygen atoms in total. The number of methoxy groups -OCH3 is 1. The van der Waals surface area contributed by atoms with Gasteiger partial charge in [-0.3, -0.25) is 9.89 Å². The molecule has 2 aromatic heterocycles. The van der Waals surface area contributed by atoms with E-state index in [0.717, 1.165) is 42.7 Å². The standard InChI is InChI=1S/C24H31N7O/c1-25-24(27-17-19-10-12-26-23(16-19)31-15-7-11-29-31)28-18-21(30-13-5-6-14-30)20-8-3-4-9-22(20)32-2/h3-4,7-12,15-16,21H,5-6,13-14,17-18H2,1-2H3,(H2,25,27,28). The van der Waals surface area contributed by atoms with Gasteiger partial charge in [0, 0.05) is 44.3 Å². The molecule has 2 N–H and O–H groups in total. The molecule has 32 heavy (non-hydrogen) atoms. The summed E-state index contributed by atoms with van der Waals surface area (Å²) < 4.78 is 7.41. The highest BCUT2D eigenvalue weighted by atomic mass is 16.5. The first-order chi connectivity index (χ1) is 15.8. The molecule has 0 bridgehead atoms. The molecule has 0 spiro atoms. The number of nitrogens with one attached hydrogen (secondary N) is 2. The van der Waals surface area contributed by atoms with Gasteiger partial charge in [0.05, 0.1) is 13.2 Å². The van der Waals surface area contributed by atoms with Crippen LogP contribution in [0.4, 0.5) is 0 Å². The fraction of sp³-hybridized carbons (Fsp3) is 0.375. The number of pyridine rings is 1. The summed E-state index contributed by atoms with van der Waals surface area (Å²) >= 11 is 0. The van der Waals surface area contributed by atoms with Crippen LogP contribution in [0.5, 0.6) is 5.75 Å². The monoisotopic (exact) mass is 433 g/mol. The molecule has 3 aromatic rings. The van der Waals surface area contributed by atoms with Crippen LogP contribution in [0.15, 0.2) is 66.0 Å². The number of rotatable bonds is 8. The lowest BCUT2D eigenvalue weighted by molar-refractivity contribution is 0.239. The number of nitrogens with zero attached hydrogens (tertiary/aromatic N) is 5. The maximum Gasteiger partial charge on any atom is 0.191 e. The topological polar surface area (TPSA) is 79.6 Å². The van der Waals surface area contributed by atoms with Crippen LogP contribution < -0.4 is 15.4 Å². The molecular weight excluding hydrogens is 402 g/mol. The number of guanidine groups is 1. The summed E-state index contributed by atoms with van der Waals surface area (Å²) in [6.07, 6.45) is 7.90. The van der Waals surface area contributed by atoms with E-state index in [1.165, 1.54) is 18.4 Å². The maximum atomic E-state index is 5.65. The molecule has 1 aliphatic rings. The average Bonchev–Trinajstić information content (AvgIpc) is 3.56. The molecule has 0 aliphatic carbocycles. The molecule has 8 heteroatoms. The van der Waals surface area contributed by atoms with Gasteiger partial charge in [0.15, 0.2) is 11.8 Å². The number of likely N-dealkylation sites (tertiary alicyclic amines) is 1. The first kappa shape index (κ1) is 21.8. The third kappa shape index (κ3) is 5.26. The zero-order valence-corrected chi connectivity index (χ0v) is 18.7. The summed E-state index contributed by atoms with van der Waals surface area (Å²) in [7, 11) is 3.53. The molecule has 4 rings (SSSR count). The van der Waals surface area contributed by atoms with Crippen molar-refractivity contribution in [2.75, 3.05) is 33.8 Å². The van der Waals surface area contributed by atoms with Crippen molar-refractivity contribution in [2.24, 2.45) is 4.99 Å². The Morgan fingerprint density at radius 1 is 1.12 bits per heavy atom. The van der Waals surface area contributed by atoms with Gasteiger partial charge in [-0.05, 0) is 55.8 Å². The van der Waals surface area contributed by atoms with Crippen molar-refractivity contribution in [1.29, 1.82) is 0 Å². The summed E-state index contributed by atoms with van der Waals surface area (Å²) in [5, 5.41) is 11.2. The molecule has 0 amide bonds. The van der Waals surface area contributed by atoms with Crippen molar-refractivity contribution >= 4 is 5.96 Å². The normalized spacial score (nSPS) is 15.5. The van der Waals surface area contributed by atoms with Gasteiger partial charge in [-0.2, -0.15) is 5.10 Å². The van der Waals surface area contributed by atoms with Gasteiger partial charge in [0.1, 0.15) is 5.75 Å². The third-order valence-corrected chi connectivity index (χ3v) is 5.77. The van der Waals surface area contributed by atoms with Crippen LogP contribution in [0.3, 0.4) is 0 Å². The Balaban J connectivity index is 1.41. The van der Waals surface area contributed by atoms with Crippen molar-refractivity contribution in [3.8, 4) is 11.6 Å². The number of para-hydroxylation sites is 1. The zero-order valence-electron chi connectivity index (χ0n) is 18.7. The second-order valence-electron chi connectivity index (χ2n) is 7.78. The smallest absolute Gasteiger partial charge is 0.191 e. The second-order valence-corrected chi connectivity index (χ2v) is 7.78. The molecule has 0 saturated carbocycles. The van der Waals surface area contributed by atoms with Gasteiger partial charge in [0.2, 0.25) is 0 Å². The lowest BCUT2D eigenvalue weighted by Crippen LogP contribution is -2.42. The summed E-state index contributed by atoms with van der Waals surface area (Å²) in [5.74, 6) is 2.49. The molecule has 1 saturated heterocycles. The van der Waals surface area contributed by atoms with Crippen molar-refractivity contribution < 1.29 is 4.74 Å². The van der Waals surface area contributed by atoms with Crippen molar-refractivity contribution in [2.45, 2.75) is 25.4 Å². The Hall–Kier alpha value is -3.39. The van der Waals surface area contributed by atoms with E-state index in [-0.39, 0.29) is 6.04 Å². The van der Waals surface area contributed by atoms with Crippen LogP contribution in [0, 0.1) is 0 Å². The highest BCUT2D eigenvalue weighted by Crippen LogP contribution is 2.31. The van der Waals surface area contributed by atoms with Crippen LogP contribution in [0.1, 0.15) is 30.0 Å². The third-order valence-electron chi connectivity index (χ3n) is 5.77. The van der Waals surface area contributed by atoms with E-state index in [2.05, 4.69) is 42.7 Å². The van der Waals surface area contributed by atoms with E-state index in [9.17, 15) is 0 Å². The van der Waals surface area contributed by atoms with E-state index in [1.54, 1.807) is 31.2 Å². The van der Waals surface area contributed by atoms with Gasteiger partial charge in [-0.1, -0.05) is 18.2 Å². The Morgan fingerprint density at radius 3 is 2.72 bits per heavy atom. The van der Waals surface area contributed by atoms with Crippen molar-refractivity contribution in [3.63, 3.8) is 0 Å². The first-order valence-corrected chi connectivity index (χ1v) is 11.0. The van der Waals surface area contributed by atoms with Gasteiger partial charge in [-0.15, -0.1) is 0 Å². The predicted molar refractivity (Wildman–Crippen MR) is 126 cm³/mol. The first-order valence-electron chi connectivity index (χ1n) is 11.0. The Labute approximate surface area is 189 Å². The fourth-order valence-corrected chi connectivity index (χ4v) is 4.13. The van der Waals surface area contributed by atoms with Crippen LogP contribution in [-0.4, -0.2) is 59.4 Å². The molecule has 0 radical (unpaired) electrons. The lowest BCUT2D eigenvalue weighted by atomic mass is 10.0. The van der Waals surface area contributed by atoms with Crippen LogP contribution in [0.25, 0.3) is 5.82 Å². The number of aromatic nitrogens is 3. The van der Waals surface area contributed by atoms with E-state index >= 15 is 0 Å². The number of hydrogen-bond donors (Lipinski definition) is 2. The number of ether oxygens (including phenoxy) is 1. The summed E-state index contributed by atoms with van der Waals surface area (Å²) in [6, 6.07) is 14.4. The number of aliphatic imine (C=N–C) groups is 1. The van der Waals surface area contributed by atoms with Crippen LogP contribution in [-0.2, 0) is 6.54 Å². The SMILES string of the molecule is CN=C(NCc1ccnc(-n2cccn2)c1)NCC(c1ccccc1OC)N1CCCC1. The Morgan fingerprint density at radius 2 is 1.97 bits per heavy atom. The highest BCUT2D eigenvalue weighted by molar-refractivity contribution is 5.79. The minimum atomic E-state index is 0.222. The molecule has 1 unspecified atom stereocenters. The van der Waals surface area contributed by atoms with Crippen LogP contribution in [0.2, 0.25) is 0 Å². The number of hydrogen-bond acceptors (Lipinski definition) is 5. The van der Waals surface area contributed by atoms with E-state index in [1.807, 2.05) is 36.5 Å². The molecule has 168 valence electrons. The Bertz CT molecular complexity index is 1010. The van der Waals surface area contributed by atoms with Gasteiger partial charge in [0.25, 0.3) is 0 Å². The minimum Gasteiger partial charge on any atom is -0.496 e. The highest BCUT2D eigenvalue weighted by Gasteiger charge is 2.26. The molecule has 3 heterocycles.